The molecule has 8 heterocycles. The number of phenols is 3. The Balaban J connectivity index is 1.18. The summed E-state index contributed by atoms with van der Waals surface area (Å²) in [4.78, 5) is 165. The second-order valence-corrected chi connectivity index (χ2v) is 34.3. The second-order valence-electron chi connectivity index (χ2n) is 31.8. The number of benzene rings is 5. The number of halogens is 2. The number of nitrogens with one attached hydrogen (secondary N) is 8. The van der Waals surface area contributed by atoms with Crippen molar-refractivity contribution in [1.29, 1.82) is 0 Å². The van der Waals surface area contributed by atoms with Gasteiger partial charge in [-0.1, -0.05) is 55.2 Å². The van der Waals surface area contributed by atoms with Gasteiger partial charge < -0.3 is 163 Å². The molecule has 1 unspecified atom stereocenters. The van der Waals surface area contributed by atoms with Crippen LogP contribution < -0.4 is 73.9 Å². The Labute approximate surface area is 715 Å². The van der Waals surface area contributed by atoms with E-state index in [1.54, 1.807) is 19.2 Å². The van der Waals surface area contributed by atoms with Crippen LogP contribution in [0, 0.1) is 5.92 Å². The molecule has 43 nitrogen and oxygen atoms in total. The van der Waals surface area contributed by atoms with Crippen molar-refractivity contribution in [2.45, 2.75) is 219 Å². The Hall–Kier alpha value is -10.2. The standard InChI is InChI=1S/C78H96Cl2N11O32P/c1-28(2)16-40(84-7)68(103)90-58-60(98)32-9-12-44(38(79)18-32)118-46-20-34-21-47(64(46)123-75-65(122-53-26-78(6,83)67(102)30(4)117-53)62(100)61(99)48(120-75)27-115-51(97)15-14-50(96)86-76(111)124(112,113)114)119-45-13-10-33(19-39(45)80)63(121-52-25-77(5,82)66(101)29(3)116-52)59-73(108)89-57(74(109)110)37-22-35(92)23-43(94)54(37)36-17-31(8-11-42(36)93)55(70(105)91-59)88-71(106)56(34)87-69(104)41(24-49(81)95)85-72(58)107/h8-13,17-23,28-30,40-41,48,52-53,55-63,65-67,75-76,84,92-94,98-102,111H,14-16,24-27,82-83H2,1-7H3,(H2,81,95)(H,85,107)(H,86,96)(H,87,104)(H,88,106)(H,89,108)(H,90,103)(H,91,105)(H,109,110)(H2,112,113,114)/t29-,30-,40+,41-,48+,52-,53-,55+,56+,57-,58+,59-,60+,61+,62-,63+,65+,66-,67-,75-,76?,77-,78-/m0/s1. The number of carboxylic acids is 1. The number of aliphatic hydroxyl groups is 6. The summed E-state index contributed by atoms with van der Waals surface area (Å²) < 4.78 is 69.1. The minimum absolute atomic E-state index is 0.154. The van der Waals surface area contributed by atoms with Crippen molar-refractivity contribution in [2.75, 3.05) is 13.7 Å². The van der Waals surface area contributed by atoms with Gasteiger partial charge in [0.2, 0.25) is 65.3 Å². The summed E-state index contributed by atoms with van der Waals surface area (Å²) in [6.07, 6.45) is -26.6. The minimum atomic E-state index is -5.28. The van der Waals surface area contributed by atoms with Gasteiger partial charge in [-0.25, -0.2) is 4.79 Å². The molecule has 5 aromatic carbocycles. The molecule has 3 fully saturated rings. The number of nitrogens with two attached hydrogens (primary N) is 3. The van der Waals surface area contributed by atoms with Gasteiger partial charge in [0.15, 0.2) is 36.2 Å². The number of carboxylic acid groups (broad SMARTS) is 1. The first kappa shape index (κ1) is 94.4. The molecule has 674 valence electrons. The third-order valence-electron chi connectivity index (χ3n) is 21.5. The number of aliphatic carboxylic acids is 1. The van der Waals surface area contributed by atoms with Gasteiger partial charge in [-0.2, -0.15) is 0 Å². The van der Waals surface area contributed by atoms with Crippen LogP contribution in [0.15, 0.2) is 78.9 Å². The Kier molecular flexibility index (Phi) is 29.2. The molecule has 11 bridgehead atoms. The molecule has 3 saturated heterocycles. The monoisotopic (exact) mass is 1800 g/mol. The molecule has 124 heavy (non-hydrogen) atoms. The lowest BCUT2D eigenvalue weighted by molar-refractivity contribution is -0.333. The number of carbonyl (C=O) groups excluding carboxylic acids is 9. The number of hydrogen-bond donors (Lipinski definition) is 23. The van der Waals surface area contributed by atoms with E-state index in [0.717, 1.165) is 72.8 Å². The number of rotatable bonds is 21. The van der Waals surface area contributed by atoms with Crippen molar-refractivity contribution in [3.63, 3.8) is 0 Å². The Morgan fingerprint density at radius 3 is 1.81 bits per heavy atom. The SMILES string of the molecule is CN[C@H](CC(C)C)C(=O)N[C@H]1C(=O)N[C@@H](CC(N)=O)C(=O)N[C@H]2C(=O)N[C@H]3C(=O)N[C@H](C(=O)N[C@H](C(=O)O)c4cc(O)cc(O)c4-c4cc3ccc4O)[C@H](O[C@H]3C[C@](C)(N)[C@@H](O)[C@H](C)O3)c3ccc(c(Cl)c3)Oc3cc2cc(c3O[C@@H]2O[C@H](COC(=O)CCC(=O)NC(O)P(=O)(O)O)[C@@H](O)[C@H](O)[C@H]2O[C@H]2C[C@](C)(N)[C@@H](O)[C@H](C)O2)Oc2ccc(cc2Cl)[C@H]1O. The summed E-state index contributed by atoms with van der Waals surface area (Å²) in [5, 5.41) is 133. The van der Waals surface area contributed by atoms with Gasteiger partial charge in [0.25, 0.3) is 0 Å². The van der Waals surface area contributed by atoms with E-state index in [1.807, 2.05) is 0 Å². The van der Waals surface area contributed by atoms with E-state index < -0.39 is 322 Å². The first-order valence-corrected chi connectivity index (χ1v) is 41.2. The van der Waals surface area contributed by atoms with Crippen LogP contribution in [0.3, 0.4) is 0 Å². The van der Waals surface area contributed by atoms with Crippen LogP contribution in [0.5, 0.6) is 46.0 Å². The third-order valence-corrected chi connectivity index (χ3v) is 22.9. The maximum atomic E-state index is 16.5. The van der Waals surface area contributed by atoms with E-state index in [-0.39, 0.29) is 29.9 Å². The van der Waals surface area contributed by atoms with E-state index in [2.05, 4.69) is 37.2 Å². The second kappa shape index (κ2) is 38.3. The number of phenolic OH excluding ortho intramolecular Hbond substituents is 3. The molecule has 0 aliphatic carbocycles. The number of primary amides is 1. The number of hydrogen-bond acceptors (Lipinski definition) is 32. The van der Waals surface area contributed by atoms with E-state index >= 15 is 24.0 Å². The highest BCUT2D eigenvalue weighted by atomic mass is 35.5. The first-order valence-electron chi connectivity index (χ1n) is 38.7. The highest BCUT2D eigenvalue weighted by Crippen LogP contribution is 2.51. The highest BCUT2D eigenvalue weighted by molar-refractivity contribution is 7.52. The predicted molar refractivity (Wildman–Crippen MR) is 425 cm³/mol. The van der Waals surface area contributed by atoms with Gasteiger partial charge in [-0.3, -0.25) is 47.7 Å². The van der Waals surface area contributed by atoms with Crippen molar-refractivity contribution in [3.8, 4) is 57.1 Å². The zero-order valence-electron chi connectivity index (χ0n) is 67.1. The number of aliphatic hydroxyl groups excluding tert-OH is 6. The Morgan fingerprint density at radius 1 is 0.669 bits per heavy atom. The number of carbonyl (C=O) groups is 10. The molecule has 0 saturated carbocycles. The fourth-order valence-corrected chi connectivity index (χ4v) is 15.8. The summed E-state index contributed by atoms with van der Waals surface area (Å²) >= 11 is 14.6. The zero-order valence-corrected chi connectivity index (χ0v) is 69.5. The molecule has 46 heteroatoms. The maximum Gasteiger partial charge on any atom is 0.374 e. The van der Waals surface area contributed by atoms with Crippen LogP contribution in [0.25, 0.3) is 11.1 Å². The Morgan fingerprint density at radius 2 is 1.24 bits per heavy atom. The summed E-state index contributed by atoms with van der Waals surface area (Å²) in [6.45, 7) is 8.27. The molecule has 5 aromatic rings. The van der Waals surface area contributed by atoms with Crippen molar-refractivity contribution in [1.82, 2.24) is 42.5 Å². The average molecular weight is 1800 g/mol. The molecule has 8 amide bonds. The number of likely N-dealkylation sites (N-methyl/N-ethyl adjacent to an activating group) is 1. The van der Waals surface area contributed by atoms with Gasteiger partial charge in [-0.05, 0) is 124 Å². The first-order chi connectivity index (χ1) is 58.1. The van der Waals surface area contributed by atoms with Gasteiger partial charge in [0.05, 0.1) is 53.3 Å². The molecule has 0 spiro atoms. The fraction of sp³-hybridized carbons (Fsp3) is 0.487. The fourth-order valence-electron chi connectivity index (χ4n) is 15.0. The largest absolute Gasteiger partial charge is 0.508 e. The van der Waals surface area contributed by atoms with E-state index in [4.69, 9.17) is 83.0 Å². The van der Waals surface area contributed by atoms with Crippen molar-refractivity contribution < 1.29 is 156 Å². The molecule has 8 aliphatic heterocycles. The number of fused-ring (bicyclic) bond motifs is 15. The summed E-state index contributed by atoms with van der Waals surface area (Å²) in [6, 6.07) is -1.62. The van der Waals surface area contributed by atoms with Crippen LogP contribution in [0.2, 0.25) is 10.0 Å². The van der Waals surface area contributed by atoms with E-state index in [9.17, 15) is 89.4 Å². The number of ether oxygens (including phenoxy) is 9. The lowest BCUT2D eigenvalue weighted by Crippen LogP contribution is -2.64. The van der Waals surface area contributed by atoms with Crippen molar-refractivity contribution in [3.05, 3.63) is 117 Å². The van der Waals surface area contributed by atoms with Gasteiger partial charge >= 0.3 is 19.5 Å². The van der Waals surface area contributed by atoms with Crippen LogP contribution in [0.1, 0.15) is 138 Å². The quantitative estimate of drug-likeness (QED) is 0.0244. The average Bonchev–Trinajstić information content (AvgIpc) is 0.765. The molecule has 8 aliphatic rings. The molecule has 0 radical (unpaired) electrons. The van der Waals surface area contributed by atoms with Crippen LogP contribution in [-0.4, -0.2) is 243 Å². The number of aromatic hydroxyl groups is 3. The summed E-state index contributed by atoms with van der Waals surface area (Å²) in [7, 11) is -3.84. The normalized spacial score (nSPS) is 30.2. The van der Waals surface area contributed by atoms with E-state index in [1.165, 1.54) is 40.8 Å². The Bertz CT molecular complexity index is 4990. The lowest BCUT2D eigenvalue weighted by atomic mass is 9.86. The van der Waals surface area contributed by atoms with E-state index in [0.29, 0.717) is 0 Å². The molecule has 26 N–H and O–H groups in total. The lowest BCUT2D eigenvalue weighted by Gasteiger charge is -2.47. The molecule has 13 rings (SSSR count). The number of esters is 1. The van der Waals surface area contributed by atoms with Crippen molar-refractivity contribution >= 4 is 90.0 Å². The van der Waals surface area contributed by atoms with Gasteiger partial charge in [0, 0.05) is 53.1 Å². The zero-order chi connectivity index (χ0) is 91.0. The molecular formula is C78H96Cl2N11O32P. The maximum absolute atomic E-state index is 16.5. The minimum Gasteiger partial charge on any atom is -0.508 e. The van der Waals surface area contributed by atoms with Gasteiger partial charge in [-0.15, -0.1) is 0 Å². The van der Waals surface area contributed by atoms with Crippen LogP contribution in [-0.2, 0) is 80.9 Å². The third kappa shape index (κ3) is 21.5. The number of amides is 8. The predicted octanol–water partition coefficient (Wildman–Crippen LogP) is -0.755. The van der Waals surface area contributed by atoms with Gasteiger partial charge in [0.1, 0.15) is 96.1 Å². The smallest absolute Gasteiger partial charge is 0.374 e. The highest BCUT2D eigenvalue weighted by Gasteiger charge is 2.53. The molecule has 0 aromatic heterocycles. The summed E-state index contributed by atoms with van der Waals surface area (Å²) in [5.41, 5.74) is 12.8. The molecule has 23 atom stereocenters. The van der Waals surface area contributed by atoms with Crippen LogP contribution in [0.4, 0.5) is 0 Å². The van der Waals surface area contributed by atoms with Crippen LogP contribution >= 0.6 is 30.8 Å². The summed E-state index contributed by atoms with van der Waals surface area (Å²) in [5.74, 6) is -22.4. The molecular weight excluding hydrogens is 1700 g/mol. The topological polar surface area (TPSA) is 688 Å². The van der Waals surface area contributed by atoms with Crippen molar-refractivity contribution in [2.24, 2.45) is 23.1 Å².